The van der Waals surface area contributed by atoms with Gasteiger partial charge in [0.25, 0.3) is 10.0 Å². The van der Waals surface area contributed by atoms with Crippen LogP contribution in [-0.2, 0) is 30.8 Å². The molecule has 0 saturated heterocycles. The fraction of sp³-hybridized carbons (Fsp3) is 0.541. The van der Waals surface area contributed by atoms with Crippen LogP contribution in [0, 0.1) is 30.1 Å². The van der Waals surface area contributed by atoms with Gasteiger partial charge in [-0.05, 0) is 61.8 Å². The number of carbonyl (C=O) groups excluding carboxylic acids is 3. The number of aryl methyl sites for hydroxylation is 1. The van der Waals surface area contributed by atoms with Gasteiger partial charge in [0, 0.05) is 24.9 Å². The first kappa shape index (κ1) is 41.6. The summed E-state index contributed by atoms with van der Waals surface area (Å²) in [5.41, 5.74) is 18.7. The van der Waals surface area contributed by atoms with Crippen molar-refractivity contribution in [1.29, 1.82) is 0 Å². The van der Waals surface area contributed by atoms with Gasteiger partial charge in [-0.25, -0.2) is 17.4 Å². The quantitative estimate of drug-likeness (QED) is 0.113. The summed E-state index contributed by atoms with van der Waals surface area (Å²) in [5, 5.41) is 14.2. The van der Waals surface area contributed by atoms with Gasteiger partial charge in [-0.2, -0.15) is 0 Å². The Balaban J connectivity index is 2.05. The Kier molecular flexibility index (Phi) is 14.4. The smallest absolute Gasteiger partial charge is 0.268 e. The molecule has 0 fully saturated rings. The molecule has 1 unspecified atom stereocenters. The molecule has 8 N–H and O–H groups in total. The number of aromatic nitrogens is 3. The van der Waals surface area contributed by atoms with Gasteiger partial charge in [0.15, 0.2) is 11.6 Å². The third-order valence-electron chi connectivity index (χ3n) is 9.70. The van der Waals surface area contributed by atoms with Crippen molar-refractivity contribution in [2.45, 2.75) is 109 Å². The third kappa shape index (κ3) is 9.74. The Morgan fingerprint density at radius 1 is 0.980 bits per heavy atom. The van der Waals surface area contributed by atoms with Gasteiger partial charge in [-0.1, -0.05) is 71.7 Å². The van der Waals surface area contributed by atoms with Gasteiger partial charge in [-0.3, -0.25) is 19.4 Å². The average Bonchev–Trinajstić information content (AvgIpc) is 3.57. The second-order valence-corrected chi connectivity index (χ2v) is 16.2. The van der Waals surface area contributed by atoms with E-state index in [9.17, 15) is 27.9 Å². The van der Waals surface area contributed by atoms with Crippen LogP contribution < -0.4 is 22.5 Å². The number of amides is 1. The molecule has 0 radical (unpaired) electrons. The number of nitrogens with zero attached hydrogens (tertiary/aromatic N) is 3. The number of pyridine rings is 1. The third-order valence-corrected chi connectivity index (χ3v) is 11.3. The second-order valence-electron chi connectivity index (χ2n) is 14.4. The number of benzene rings is 1. The van der Waals surface area contributed by atoms with Crippen LogP contribution in [0.5, 0.6) is 0 Å². The van der Waals surface area contributed by atoms with Gasteiger partial charge >= 0.3 is 0 Å². The zero-order valence-corrected chi connectivity index (χ0v) is 31.5. The minimum atomic E-state index is -3.98. The molecular weight excluding hydrogens is 671 g/mol. The molecule has 0 aliphatic rings. The van der Waals surface area contributed by atoms with E-state index in [0.29, 0.717) is 12.8 Å². The minimum absolute atomic E-state index is 0.0599. The van der Waals surface area contributed by atoms with Crippen LogP contribution in [0.4, 0.5) is 0 Å². The molecular formula is C37H55N7O6S. The maximum Gasteiger partial charge on any atom is 0.268 e. The summed E-state index contributed by atoms with van der Waals surface area (Å²) in [4.78, 5) is 51.8. The topological polar surface area (TPSA) is 226 Å². The van der Waals surface area contributed by atoms with E-state index in [-0.39, 0.29) is 41.0 Å². The maximum atomic E-state index is 14.7. The molecule has 280 valence electrons. The van der Waals surface area contributed by atoms with Gasteiger partial charge < -0.3 is 27.6 Å². The van der Waals surface area contributed by atoms with E-state index in [2.05, 4.69) is 15.3 Å². The van der Waals surface area contributed by atoms with Crippen molar-refractivity contribution in [2.24, 2.45) is 40.4 Å². The van der Waals surface area contributed by atoms with Crippen LogP contribution in [0.3, 0.4) is 0 Å². The average molecular weight is 726 g/mol. The molecule has 7 atom stereocenters. The highest BCUT2D eigenvalue weighted by Gasteiger charge is 2.52. The van der Waals surface area contributed by atoms with Crippen LogP contribution >= 0.6 is 0 Å². The number of imidazole rings is 1. The fourth-order valence-corrected chi connectivity index (χ4v) is 7.31. The molecule has 3 aromatic rings. The normalized spacial score (nSPS) is 16.9. The number of hydrogen-bond acceptors (Lipinski definition) is 11. The fourth-order valence-electron chi connectivity index (χ4n) is 6.16. The lowest BCUT2D eigenvalue weighted by molar-refractivity contribution is -0.151. The number of aliphatic hydroxyl groups excluding tert-OH is 1. The molecule has 1 aromatic carbocycles. The molecule has 51 heavy (non-hydrogen) atoms. The number of ketones is 2. The highest BCUT2D eigenvalue weighted by Crippen LogP contribution is 2.38. The number of nitrogens with one attached hydrogen (secondary N) is 1. The Hall–Kier alpha value is -3.82. The van der Waals surface area contributed by atoms with Crippen LogP contribution in [0.2, 0.25) is 0 Å². The first-order valence-electron chi connectivity index (χ1n) is 17.5. The zero-order valence-electron chi connectivity index (χ0n) is 30.7. The number of hydrogen-bond donors (Lipinski definition) is 5. The lowest BCUT2D eigenvalue weighted by Gasteiger charge is -2.40. The van der Waals surface area contributed by atoms with Crippen LogP contribution in [0.25, 0.3) is 0 Å². The van der Waals surface area contributed by atoms with E-state index >= 15 is 0 Å². The van der Waals surface area contributed by atoms with Crippen molar-refractivity contribution in [3.05, 3.63) is 78.1 Å². The summed E-state index contributed by atoms with van der Waals surface area (Å²) in [6.45, 7) is 12.8. The zero-order chi connectivity index (χ0) is 38.3. The largest absolute Gasteiger partial charge is 0.391 e. The molecule has 14 heteroatoms. The summed E-state index contributed by atoms with van der Waals surface area (Å²) in [6.07, 6.45) is 3.04. The maximum absolute atomic E-state index is 14.7. The monoisotopic (exact) mass is 725 g/mol. The number of nitrogens with two attached hydrogens (primary N) is 3. The predicted octanol–water partition coefficient (Wildman–Crippen LogP) is 2.83. The molecule has 13 nitrogen and oxygen atoms in total. The first-order chi connectivity index (χ1) is 23.9. The SMILES string of the molecule is CC[C@H](C)[C@H](N)C(=O)C(NC(=O)[C@](C[C@H](O)[C@@H](N)CC(C)C)(C(=O)[C@@H](N)Cc1cn(S(=O)(=O)c2ccc(C)cc2)cn1)C(C)C)c1ccccn1. The van der Waals surface area contributed by atoms with Crippen molar-refractivity contribution in [2.75, 3.05) is 0 Å². The van der Waals surface area contributed by atoms with E-state index in [1.54, 1.807) is 44.2 Å². The molecule has 2 heterocycles. The number of carbonyl (C=O) groups is 3. The summed E-state index contributed by atoms with van der Waals surface area (Å²) in [7, 11) is -3.98. The molecule has 3 rings (SSSR count). The van der Waals surface area contributed by atoms with Crippen LogP contribution in [0.1, 0.15) is 83.8 Å². The summed E-state index contributed by atoms with van der Waals surface area (Å²) in [6, 6.07) is 6.91. The summed E-state index contributed by atoms with van der Waals surface area (Å²) in [5.74, 6) is -2.87. The Bertz CT molecular complexity index is 1730. The standard InChI is InChI=1S/C37H55N7O6S/c1-8-25(7)32(40)34(46)33(30-11-9-10-16-41-30)43-36(48)37(23(4)5,19-31(45)28(38)17-22(2)3)35(47)29(39)18-26-20-44(21-42-26)51(49,50)27-14-12-24(6)13-15-27/h9-16,20-23,25,28-29,31-33,45H,8,17-19,38-40H2,1-7H3,(H,43,48)/t25-,28-,29-,31-,32-,33?,37-/m0/s1. The Labute approximate surface area is 301 Å². The van der Waals surface area contributed by atoms with Crippen molar-refractivity contribution in [1.82, 2.24) is 19.3 Å². The Morgan fingerprint density at radius 2 is 1.63 bits per heavy atom. The molecule has 0 spiro atoms. The van der Waals surface area contributed by atoms with Gasteiger partial charge in [-0.15, -0.1) is 0 Å². The highest BCUT2D eigenvalue weighted by atomic mass is 32.2. The van der Waals surface area contributed by atoms with E-state index in [4.69, 9.17) is 17.2 Å². The van der Waals surface area contributed by atoms with Crippen molar-refractivity contribution >= 4 is 27.5 Å². The van der Waals surface area contributed by atoms with Crippen molar-refractivity contribution in [3.63, 3.8) is 0 Å². The molecule has 0 saturated carbocycles. The van der Waals surface area contributed by atoms with Gasteiger partial charge in [0.2, 0.25) is 5.91 Å². The highest BCUT2D eigenvalue weighted by molar-refractivity contribution is 7.90. The van der Waals surface area contributed by atoms with Gasteiger partial charge in [0.1, 0.15) is 17.8 Å². The molecule has 0 aliphatic carbocycles. The van der Waals surface area contributed by atoms with E-state index in [0.717, 1.165) is 15.9 Å². The summed E-state index contributed by atoms with van der Waals surface area (Å²) >= 11 is 0. The Morgan fingerprint density at radius 3 is 2.18 bits per heavy atom. The molecule has 2 aromatic heterocycles. The molecule has 1 amide bonds. The van der Waals surface area contributed by atoms with E-state index in [1.807, 2.05) is 34.6 Å². The van der Waals surface area contributed by atoms with Crippen molar-refractivity contribution < 1.29 is 27.9 Å². The number of rotatable bonds is 19. The molecule has 0 aliphatic heterocycles. The van der Waals surface area contributed by atoms with Gasteiger partial charge in [0.05, 0.1) is 34.5 Å². The second kappa shape index (κ2) is 17.6. The minimum Gasteiger partial charge on any atom is -0.391 e. The number of Topliss-reactive ketones (excluding diaryl/α,β-unsaturated/α-hetero) is 2. The van der Waals surface area contributed by atoms with E-state index < -0.39 is 69.1 Å². The van der Waals surface area contributed by atoms with Crippen molar-refractivity contribution in [3.8, 4) is 0 Å². The number of aliphatic hydroxyl groups is 1. The van der Waals surface area contributed by atoms with Crippen LogP contribution in [-0.4, -0.2) is 69.2 Å². The van der Waals surface area contributed by atoms with E-state index in [1.165, 1.54) is 24.5 Å². The molecule has 0 bridgehead atoms. The summed E-state index contributed by atoms with van der Waals surface area (Å²) < 4.78 is 27.5. The predicted molar refractivity (Wildman–Crippen MR) is 196 cm³/mol. The lowest BCUT2D eigenvalue weighted by atomic mass is 9.66. The first-order valence-corrected chi connectivity index (χ1v) is 18.9. The van der Waals surface area contributed by atoms with Crippen LogP contribution in [0.15, 0.2) is 66.1 Å². The lowest BCUT2D eigenvalue weighted by Crippen LogP contribution is -2.59.